The van der Waals surface area contributed by atoms with Crippen molar-refractivity contribution in [3.63, 3.8) is 0 Å². The van der Waals surface area contributed by atoms with Gasteiger partial charge in [-0.15, -0.1) is 0 Å². The fourth-order valence-corrected chi connectivity index (χ4v) is 4.52. The molecule has 0 atom stereocenters. The number of aryl methyl sites for hydroxylation is 3. The van der Waals surface area contributed by atoms with E-state index < -0.39 is 0 Å². The number of fused-ring (bicyclic) bond motifs is 1. The molecule has 0 aliphatic carbocycles. The Kier molecular flexibility index (Phi) is 5.06. The summed E-state index contributed by atoms with van der Waals surface area (Å²) in [7, 11) is 1.86. The molecule has 32 heavy (non-hydrogen) atoms. The summed E-state index contributed by atoms with van der Waals surface area (Å²) in [5.74, 6) is 1.22. The Morgan fingerprint density at radius 2 is 1.75 bits per heavy atom. The van der Waals surface area contributed by atoms with Crippen LogP contribution in [-0.2, 0) is 13.6 Å². The van der Waals surface area contributed by atoms with Gasteiger partial charge in [0, 0.05) is 28.5 Å². The molecule has 0 aliphatic heterocycles. The highest BCUT2D eigenvalue weighted by atomic mass is 79.9. The van der Waals surface area contributed by atoms with E-state index in [1.165, 1.54) is 0 Å². The largest absolute Gasteiger partial charge is 0.441 e. The molecule has 0 amide bonds. The van der Waals surface area contributed by atoms with Crippen LogP contribution in [0, 0.1) is 13.8 Å². The second kappa shape index (κ2) is 7.91. The zero-order chi connectivity index (χ0) is 22.4. The average molecular weight is 489 g/mol. The predicted molar refractivity (Wildman–Crippen MR) is 129 cm³/mol. The first-order valence-electron chi connectivity index (χ1n) is 10.3. The van der Waals surface area contributed by atoms with Crippen molar-refractivity contribution in [3.8, 4) is 22.6 Å². The van der Waals surface area contributed by atoms with Gasteiger partial charge >= 0.3 is 0 Å². The number of halogens is 1. The van der Waals surface area contributed by atoms with E-state index in [1.807, 2.05) is 75.5 Å². The quantitative estimate of drug-likeness (QED) is 0.335. The number of hydrogen-bond donors (Lipinski definition) is 0. The third-order valence-electron chi connectivity index (χ3n) is 5.61. The van der Waals surface area contributed by atoms with E-state index in [4.69, 9.17) is 9.40 Å². The zero-order valence-electron chi connectivity index (χ0n) is 18.0. The number of benzene rings is 2. The van der Waals surface area contributed by atoms with Gasteiger partial charge in [0.1, 0.15) is 17.1 Å². The summed E-state index contributed by atoms with van der Waals surface area (Å²) in [5, 5.41) is 5.58. The zero-order valence-corrected chi connectivity index (χ0v) is 19.5. The third-order valence-corrected chi connectivity index (χ3v) is 6.10. The van der Waals surface area contributed by atoms with Crippen LogP contribution >= 0.6 is 15.9 Å². The maximum absolute atomic E-state index is 13.3. The molecule has 7 heteroatoms. The van der Waals surface area contributed by atoms with Gasteiger partial charge in [0.05, 0.1) is 12.2 Å². The summed E-state index contributed by atoms with van der Waals surface area (Å²) in [5.41, 5.74) is 5.01. The van der Waals surface area contributed by atoms with Gasteiger partial charge in [-0.3, -0.25) is 14.0 Å². The van der Waals surface area contributed by atoms with Crippen molar-refractivity contribution in [2.24, 2.45) is 7.05 Å². The molecular formula is C25H21BrN4O2. The molecule has 0 saturated carbocycles. The van der Waals surface area contributed by atoms with Crippen LogP contribution in [0.1, 0.15) is 17.1 Å². The maximum Gasteiger partial charge on any atom is 0.253 e. The second-order valence-electron chi connectivity index (χ2n) is 7.79. The standard InChI is InChI=1S/C25H21BrN4O2/c1-15-23-20(17-8-5-4-6-9-17)13-22(31)30(25(23)29(3)28-15)14-21-16(2)32-24(27-21)18-10-7-11-19(26)12-18/h4-13H,14H2,1-3H3. The number of hydrogen-bond acceptors (Lipinski definition) is 4. The molecule has 3 aromatic heterocycles. The van der Waals surface area contributed by atoms with Crippen molar-refractivity contribution in [2.45, 2.75) is 20.4 Å². The third kappa shape index (κ3) is 3.48. The van der Waals surface area contributed by atoms with Crippen LogP contribution in [0.2, 0.25) is 0 Å². The van der Waals surface area contributed by atoms with Crippen molar-refractivity contribution in [1.82, 2.24) is 19.3 Å². The molecule has 0 spiro atoms. The van der Waals surface area contributed by atoms with Crippen molar-refractivity contribution in [3.05, 3.63) is 92.6 Å². The van der Waals surface area contributed by atoms with Crippen LogP contribution in [0.4, 0.5) is 0 Å². The van der Waals surface area contributed by atoms with Crippen LogP contribution < -0.4 is 5.56 Å². The molecule has 5 rings (SSSR count). The van der Waals surface area contributed by atoms with Gasteiger partial charge < -0.3 is 4.42 Å². The summed E-state index contributed by atoms with van der Waals surface area (Å²) < 4.78 is 10.4. The van der Waals surface area contributed by atoms with E-state index in [-0.39, 0.29) is 5.56 Å². The van der Waals surface area contributed by atoms with E-state index in [0.717, 1.165) is 43.6 Å². The van der Waals surface area contributed by atoms with Crippen LogP contribution in [0.25, 0.3) is 33.6 Å². The Labute approximate surface area is 193 Å². The van der Waals surface area contributed by atoms with Gasteiger partial charge in [-0.1, -0.05) is 52.3 Å². The van der Waals surface area contributed by atoms with Gasteiger partial charge in [0.25, 0.3) is 5.56 Å². The fourth-order valence-electron chi connectivity index (χ4n) is 4.12. The Hall–Kier alpha value is -3.45. The summed E-state index contributed by atoms with van der Waals surface area (Å²) >= 11 is 3.49. The van der Waals surface area contributed by atoms with Crippen molar-refractivity contribution in [1.29, 1.82) is 0 Å². The molecule has 0 bridgehead atoms. The Bertz CT molecular complexity index is 1510. The Morgan fingerprint density at radius 1 is 1.00 bits per heavy atom. The first-order chi connectivity index (χ1) is 15.4. The van der Waals surface area contributed by atoms with Gasteiger partial charge in [0.15, 0.2) is 0 Å². The second-order valence-corrected chi connectivity index (χ2v) is 8.70. The van der Waals surface area contributed by atoms with E-state index in [1.54, 1.807) is 15.3 Å². The summed E-state index contributed by atoms with van der Waals surface area (Å²) in [6, 6.07) is 19.4. The number of nitrogens with zero attached hydrogens (tertiary/aromatic N) is 4. The molecule has 0 unspecified atom stereocenters. The van der Waals surface area contributed by atoms with Crippen LogP contribution in [0.5, 0.6) is 0 Å². The van der Waals surface area contributed by atoms with Crippen LogP contribution in [0.3, 0.4) is 0 Å². The van der Waals surface area contributed by atoms with Crippen LogP contribution in [0.15, 0.2) is 74.3 Å². The highest BCUT2D eigenvalue weighted by Gasteiger charge is 2.20. The van der Waals surface area contributed by atoms with Crippen molar-refractivity contribution in [2.75, 3.05) is 0 Å². The summed E-state index contributed by atoms with van der Waals surface area (Å²) in [6.07, 6.45) is 0. The molecule has 0 N–H and O–H groups in total. The van der Waals surface area contributed by atoms with Gasteiger partial charge in [-0.2, -0.15) is 5.10 Å². The molecular weight excluding hydrogens is 468 g/mol. The summed E-state index contributed by atoms with van der Waals surface area (Å²) in [6.45, 7) is 4.14. The van der Waals surface area contributed by atoms with Gasteiger partial charge in [-0.05, 0) is 43.2 Å². The minimum atomic E-state index is -0.106. The van der Waals surface area contributed by atoms with Crippen molar-refractivity contribution < 1.29 is 4.42 Å². The monoisotopic (exact) mass is 488 g/mol. The minimum absolute atomic E-state index is 0.106. The first-order valence-corrected chi connectivity index (χ1v) is 11.1. The lowest BCUT2D eigenvalue weighted by Gasteiger charge is -2.11. The maximum atomic E-state index is 13.3. The number of pyridine rings is 1. The molecule has 160 valence electrons. The fraction of sp³-hybridized carbons (Fsp3) is 0.160. The summed E-state index contributed by atoms with van der Waals surface area (Å²) in [4.78, 5) is 18.0. The molecule has 5 aromatic rings. The Balaban J connectivity index is 1.65. The lowest BCUT2D eigenvalue weighted by Crippen LogP contribution is -2.22. The van der Waals surface area contributed by atoms with E-state index in [0.29, 0.717) is 18.2 Å². The number of oxazole rings is 1. The van der Waals surface area contributed by atoms with E-state index in [9.17, 15) is 4.79 Å². The smallest absolute Gasteiger partial charge is 0.253 e. The first kappa shape index (κ1) is 20.5. The van der Waals surface area contributed by atoms with Crippen LogP contribution in [-0.4, -0.2) is 19.3 Å². The molecule has 0 fully saturated rings. The van der Waals surface area contributed by atoms with Crippen molar-refractivity contribution >= 4 is 27.0 Å². The van der Waals surface area contributed by atoms with E-state index >= 15 is 0 Å². The number of aromatic nitrogens is 4. The topological polar surface area (TPSA) is 65.8 Å². The molecule has 6 nitrogen and oxygen atoms in total. The number of rotatable bonds is 4. The highest BCUT2D eigenvalue weighted by molar-refractivity contribution is 9.10. The highest BCUT2D eigenvalue weighted by Crippen LogP contribution is 2.30. The average Bonchev–Trinajstić information content (AvgIpc) is 3.29. The predicted octanol–water partition coefficient (Wildman–Crippen LogP) is 5.48. The normalized spacial score (nSPS) is 11.4. The Morgan fingerprint density at radius 3 is 2.50 bits per heavy atom. The molecule has 0 saturated heterocycles. The molecule has 0 aliphatic rings. The van der Waals surface area contributed by atoms with E-state index in [2.05, 4.69) is 21.0 Å². The minimum Gasteiger partial charge on any atom is -0.441 e. The molecule has 2 aromatic carbocycles. The van der Waals surface area contributed by atoms with Gasteiger partial charge in [-0.25, -0.2) is 4.98 Å². The van der Waals surface area contributed by atoms with Gasteiger partial charge in [0.2, 0.25) is 5.89 Å². The lowest BCUT2D eigenvalue weighted by molar-refractivity contribution is 0.537. The lowest BCUT2D eigenvalue weighted by atomic mass is 10.0. The molecule has 3 heterocycles. The SMILES string of the molecule is Cc1oc(-c2cccc(Br)c2)nc1Cn1c(=O)cc(-c2ccccc2)c2c(C)nn(C)c21. The molecule has 0 radical (unpaired) electrons.